The highest BCUT2D eigenvalue weighted by Crippen LogP contribution is 2.55. The summed E-state index contributed by atoms with van der Waals surface area (Å²) in [6, 6.07) is 13.4. The molecule has 2 fully saturated rings. The zero-order chi connectivity index (χ0) is 23.2. The Morgan fingerprint density at radius 3 is 2.85 bits per heavy atom. The molecule has 0 amide bonds. The van der Waals surface area contributed by atoms with Crippen molar-refractivity contribution in [1.29, 1.82) is 0 Å². The van der Waals surface area contributed by atoms with E-state index in [0.29, 0.717) is 18.1 Å². The van der Waals surface area contributed by atoms with Crippen molar-refractivity contribution in [2.24, 2.45) is 11.8 Å². The number of carbonyl (C=O) groups is 1. The molecule has 6 heteroatoms. The largest absolute Gasteiger partial charge is 0.490 e. The highest BCUT2D eigenvalue weighted by molar-refractivity contribution is 5.87. The van der Waals surface area contributed by atoms with Gasteiger partial charge in [0.1, 0.15) is 5.60 Å². The summed E-state index contributed by atoms with van der Waals surface area (Å²) in [5.41, 5.74) is 2.14. The molecule has 3 aliphatic heterocycles. The van der Waals surface area contributed by atoms with Gasteiger partial charge >= 0.3 is 5.97 Å². The summed E-state index contributed by atoms with van der Waals surface area (Å²) >= 11 is 0. The van der Waals surface area contributed by atoms with Gasteiger partial charge in [0.2, 0.25) is 0 Å². The standard InChI is InChI=1S/C27H33NO5/c1-4-31-23-10-6-9-20-24-21(27(2,3)33-25(20)23)14-19-16-28(12-11-22(19)32-24)15-17-7-5-8-18(13-17)26(29)30/h5-10,13,19,21-22,24H,4,11-12,14-16H2,1-3H3,(H,29,30)/t19-,21-,22-,24+/m0/s1. The third-order valence-electron chi connectivity index (χ3n) is 7.45. The van der Waals surface area contributed by atoms with E-state index < -0.39 is 5.97 Å². The van der Waals surface area contributed by atoms with Gasteiger partial charge in [0.05, 0.1) is 24.4 Å². The molecule has 2 aromatic rings. The number of likely N-dealkylation sites (tertiary alicyclic amines) is 1. The van der Waals surface area contributed by atoms with Crippen molar-refractivity contribution in [3.8, 4) is 11.5 Å². The van der Waals surface area contributed by atoms with Crippen molar-refractivity contribution < 1.29 is 24.1 Å². The van der Waals surface area contributed by atoms with Gasteiger partial charge in [0.15, 0.2) is 11.5 Å². The number of fused-ring (bicyclic) bond motifs is 4. The molecule has 0 bridgehead atoms. The van der Waals surface area contributed by atoms with Crippen LogP contribution < -0.4 is 9.47 Å². The fourth-order valence-corrected chi connectivity index (χ4v) is 5.84. The molecule has 33 heavy (non-hydrogen) atoms. The quantitative estimate of drug-likeness (QED) is 0.696. The molecule has 3 heterocycles. The van der Waals surface area contributed by atoms with E-state index in [1.54, 1.807) is 12.1 Å². The molecule has 0 aliphatic carbocycles. The number of carboxylic acids is 1. The fourth-order valence-electron chi connectivity index (χ4n) is 5.84. The van der Waals surface area contributed by atoms with Crippen LogP contribution >= 0.6 is 0 Å². The number of carboxylic acid groups (broad SMARTS) is 1. The second kappa shape index (κ2) is 8.65. The summed E-state index contributed by atoms with van der Waals surface area (Å²) < 4.78 is 19.2. The number of aromatic carboxylic acids is 1. The Labute approximate surface area is 195 Å². The molecule has 5 rings (SSSR count). The van der Waals surface area contributed by atoms with Gasteiger partial charge in [-0.3, -0.25) is 4.90 Å². The molecule has 2 saturated heterocycles. The maximum atomic E-state index is 11.3. The molecule has 176 valence electrons. The number of piperidine rings is 1. The molecule has 4 atom stereocenters. The first-order chi connectivity index (χ1) is 15.9. The molecular weight excluding hydrogens is 418 g/mol. The minimum Gasteiger partial charge on any atom is -0.490 e. The van der Waals surface area contributed by atoms with E-state index in [2.05, 4.69) is 24.8 Å². The van der Waals surface area contributed by atoms with Crippen LogP contribution in [0.25, 0.3) is 0 Å². The number of hydrogen-bond acceptors (Lipinski definition) is 5. The minimum atomic E-state index is -0.880. The Bertz CT molecular complexity index is 1030. The Balaban J connectivity index is 1.34. The second-order valence-electron chi connectivity index (χ2n) is 10.0. The van der Waals surface area contributed by atoms with E-state index in [4.69, 9.17) is 14.2 Å². The van der Waals surface area contributed by atoms with Crippen LogP contribution in [0.2, 0.25) is 0 Å². The van der Waals surface area contributed by atoms with Crippen LogP contribution in [0.4, 0.5) is 0 Å². The summed E-state index contributed by atoms with van der Waals surface area (Å²) in [5.74, 6) is 1.45. The Hall–Kier alpha value is -2.57. The van der Waals surface area contributed by atoms with Crippen molar-refractivity contribution >= 4 is 5.97 Å². The molecule has 6 nitrogen and oxygen atoms in total. The second-order valence-corrected chi connectivity index (χ2v) is 10.0. The maximum Gasteiger partial charge on any atom is 0.335 e. The lowest BCUT2D eigenvalue weighted by atomic mass is 9.70. The van der Waals surface area contributed by atoms with E-state index in [1.807, 2.05) is 31.2 Å². The zero-order valence-electron chi connectivity index (χ0n) is 19.6. The number of para-hydroxylation sites is 1. The monoisotopic (exact) mass is 451 g/mol. The number of nitrogens with zero attached hydrogens (tertiary/aromatic N) is 1. The van der Waals surface area contributed by atoms with Gasteiger partial charge in [-0.05, 0) is 63.3 Å². The van der Waals surface area contributed by atoms with Gasteiger partial charge in [0, 0.05) is 31.1 Å². The topological polar surface area (TPSA) is 68.2 Å². The third-order valence-corrected chi connectivity index (χ3v) is 7.45. The lowest BCUT2D eigenvalue weighted by molar-refractivity contribution is -0.188. The predicted octanol–water partition coefficient (Wildman–Crippen LogP) is 4.92. The van der Waals surface area contributed by atoms with E-state index in [9.17, 15) is 9.90 Å². The smallest absolute Gasteiger partial charge is 0.335 e. The van der Waals surface area contributed by atoms with Crippen molar-refractivity contribution in [2.75, 3.05) is 19.7 Å². The molecule has 0 radical (unpaired) electrons. The van der Waals surface area contributed by atoms with Gasteiger partial charge in [-0.25, -0.2) is 4.79 Å². The first kappa shape index (κ1) is 22.2. The van der Waals surface area contributed by atoms with Crippen molar-refractivity contribution in [3.63, 3.8) is 0 Å². The van der Waals surface area contributed by atoms with Gasteiger partial charge in [-0.2, -0.15) is 0 Å². The lowest BCUT2D eigenvalue weighted by Crippen LogP contribution is -2.55. The van der Waals surface area contributed by atoms with Crippen LogP contribution in [0, 0.1) is 11.8 Å². The summed E-state index contributed by atoms with van der Waals surface area (Å²) in [7, 11) is 0. The summed E-state index contributed by atoms with van der Waals surface area (Å²) in [6.45, 7) is 9.58. The number of ether oxygens (including phenoxy) is 3. The van der Waals surface area contributed by atoms with Gasteiger partial charge in [0.25, 0.3) is 0 Å². The van der Waals surface area contributed by atoms with E-state index in [0.717, 1.165) is 55.1 Å². The van der Waals surface area contributed by atoms with Crippen molar-refractivity contribution in [1.82, 2.24) is 4.90 Å². The van der Waals surface area contributed by atoms with Crippen LogP contribution in [0.1, 0.15) is 61.2 Å². The van der Waals surface area contributed by atoms with Gasteiger partial charge in [-0.1, -0.05) is 24.3 Å². The van der Waals surface area contributed by atoms with Crippen LogP contribution in [-0.2, 0) is 11.3 Å². The molecule has 0 aromatic heterocycles. The molecule has 2 aromatic carbocycles. The molecule has 0 unspecified atom stereocenters. The van der Waals surface area contributed by atoms with E-state index in [-0.39, 0.29) is 23.7 Å². The van der Waals surface area contributed by atoms with Gasteiger partial charge in [-0.15, -0.1) is 0 Å². The highest BCUT2D eigenvalue weighted by Gasteiger charge is 2.51. The number of hydrogen-bond donors (Lipinski definition) is 1. The lowest BCUT2D eigenvalue weighted by Gasteiger charge is -2.53. The first-order valence-electron chi connectivity index (χ1n) is 12.0. The number of benzene rings is 2. The first-order valence-corrected chi connectivity index (χ1v) is 12.0. The fraction of sp³-hybridized carbons (Fsp3) is 0.519. The van der Waals surface area contributed by atoms with Crippen LogP contribution in [0.5, 0.6) is 11.5 Å². The average molecular weight is 452 g/mol. The third kappa shape index (κ3) is 4.22. The molecule has 0 saturated carbocycles. The predicted molar refractivity (Wildman–Crippen MR) is 125 cm³/mol. The van der Waals surface area contributed by atoms with Gasteiger partial charge < -0.3 is 19.3 Å². The average Bonchev–Trinajstić information content (AvgIpc) is 2.79. The molecule has 3 aliphatic rings. The zero-order valence-corrected chi connectivity index (χ0v) is 19.6. The molecule has 1 N–H and O–H groups in total. The molecule has 0 spiro atoms. The SMILES string of the molecule is CCOc1cccc2c1OC(C)(C)[C@H]1C[C@H]3CN(Cc4cccc(C(=O)O)c4)CC[C@@H]3O[C@H]21. The minimum absolute atomic E-state index is 0.0178. The Kier molecular flexibility index (Phi) is 5.83. The van der Waals surface area contributed by atoms with Crippen LogP contribution in [-0.4, -0.2) is 47.4 Å². The van der Waals surface area contributed by atoms with Crippen LogP contribution in [0.15, 0.2) is 42.5 Å². The van der Waals surface area contributed by atoms with Crippen molar-refractivity contribution in [3.05, 3.63) is 59.2 Å². The molecular formula is C27H33NO5. The van der Waals surface area contributed by atoms with E-state index in [1.165, 1.54) is 0 Å². The Morgan fingerprint density at radius 2 is 2.06 bits per heavy atom. The maximum absolute atomic E-state index is 11.3. The highest BCUT2D eigenvalue weighted by atomic mass is 16.5. The number of rotatable bonds is 5. The van der Waals surface area contributed by atoms with Crippen molar-refractivity contribution in [2.45, 2.75) is 58.0 Å². The van der Waals surface area contributed by atoms with E-state index >= 15 is 0 Å². The van der Waals surface area contributed by atoms with Crippen LogP contribution in [0.3, 0.4) is 0 Å². The Morgan fingerprint density at radius 1 is 1.24 bits per heavy atom. The summed E-state index contributed by atoms with van der Waals surface area (Å²) in [6.07, 6.45) is 2.27. The normalized spacial score (nSPS) is 28.1. The summed E-state index contributed by atoms with van der Waals surface area (Å²) in [4.78, 5) is 13.8. The summed E-state index contributed by atoms with van der Waals surface area (Å²) in [5, 5.41) is 9.30.